The van der Waals surface area contributed by atoms with Gasteiger partial charge >= 0.3 is 0 Å². The van der Waals surface area contributed by atoms with Crippen molar-refractivity contribution in [2.45, 2.75) is 6.42 Å². The van der Waals surface area contributed by atoms with Gasteiger partial charge in [0.15, 0.2) is 0 Å². The molecule has 0 saturated heterocycles. The molecule has 0 spiro atoms. The van der Waals surface area contributed by atoms with Gasteiger partial charge in [-0.05, 0) is 37.2 Å². The van der Waals surface area contributed by atoms with Gasteiger partial charge in [0.25, 0.3) is 0 Å². The zero-order valence-corrected chi connectivity index (χ0v) is 10.6. The van der Waals surface area contributed by atoms with Crippen LogP contribution in [0.2, 0.25) is 0 Å². The molecule has 0 unspecified atom stereocenters. The van der Waals surface area contributed by atoms with Crippen LogP contribution in [-0.2, 0) is 11.2 Å². The second-order valence-electron chi connectivity index (χ2n) is 3.69. The monoisotopic (exact) mass is 288 g/mol. The molecule has 0 saturated carbocycles. The van der Waals surface area contributed by atoms with Crippen molar-refractivity contribution in [2.75, 3.05) is 20.1 Å². The van der Waals surface area contributed by atoms with Gasteiger partial charge in [0.1, 0.15) is 5.82 Å². The van der Waals surface area contributed by atoms with Crippen molar-refractivity contribution in [1.82, 2.24) is 4.90 Å². The minimum atomic E-state index is -0.378. The molecule has 1 aromatic rings. The van der Waals surface area contributed by atoms with Crippen LogP contribution in [0, 0.1) is 5.82 Å². The highest BCUT2D eigenvalue weighted by Gasteiger charge is 2.06. The lowest BCUT2D eigenvalue weighted by molar-refractivity contribution is -0.118. The molecule has 1 rings (SSSR count). The van der Waals surface area contributed by atoms with E-state index in [2.05, 4.69) is 15.9 Å². The van der Waals surface area contributed by atoms with Crippen molar-refractivity contribution in [2.24, 2.45) is 5.73 Å². The molecular formula is C11H14BrFN2O. The second kappa shape index (κ2) is 5.96. The molecule has 0 aliphatic heterocycles. The Bertz CT molecular complexity index is 384. The van der Waals surface area contributed by atoms with Gasteiger partial charge in [0.2, 0.25) is 5.91 Å². The van der Waals surface area contributed by atoms with E-state index in [4.69, 9.17) is 5.73 Å². The average Bonchev–Trinajstić information content (AvgIpc) is 2.18. The summed E-state index contributed by atoms with van der Waals surface area (Å²) in [6.45, 7) is 0.784. The van der Waals surface area contributed by atoms with Crippen LogP contribution in [0.3, 0.4) is 0 Å². The number of carbonyl (C=O) groups excluding carboxylic acids is 1. The number of hydrogen-bond donors (Lipinski definition) is 1. The van der Waals surface area contributed by atoms with Gasteiger partial charge in [-0.25, -0.2) is 4.39 Å². The topological polar surface area (TPSA) is 46.3 Å². The number of primary amides is 1. The minimum Gasteiger partial charge on any atom is -0.369 e. The minimum absolute atomic E-state index is 0.190. The fourth-order valence-corrected chi connectivity index (χ4v) is 1.80. The van der Waals surface area contributed by atoms with E-state index in [1.165, 1.54) is 6.07 Å². The molecule has 0 aliphatic carbocycles. The molecular weight excluding hydrogens is 275 g/mol. The van der Waals surface area contributed by atoms with Crippen LogP contribution in [0.4, 0.5) is 4.39 Å². The molecule has 0 aromatic heterocycles. The molecule has 0 radical (unpaired) electrons. The Morgan fingerprint density at radius 3 is 2.88 bits per heavy atom. The van der Waals surface area contributed by atoms with E-state index < -0.39 is 0 Å². The molecule has 16 heavy (non-hydrogen) atoms. The Labute approximate surface area is 103 Å². The maximum Gasteiger partial charge on any atom is 0.231 e. The highest BCUT2D eigenvalue weighted by atomic mass is 79.9. The van der Waals surface area contributed by atoms with E-state index in [-0.39, 0.29) is 18.3 Å². The van der Waals surface area contributed by atoms with Crippen molar-refractivity contribution in [3.8, 4) is 0 Å². The zero-order chi connectivity index (χ0) is 12.1. The van der Waals surface area contributed by atoms with E-state index in [1.807, 2.05) is 0 Å². The van der Waals surface area contributed by atoms with Crippen molar-refractivity contribution in [1.29, 1.82) is 0 Å². The number of halogens is 2. The summed E-state index contributed by atoms with van der Waals surface area (Å²) in [6, 6.07) is 4.83. The summed E-state index contributed by atoms with van der Waals surface area (Å²) in [5.74, 6) is -0.604. The van der Waals surface area contributed by atoms with Gasteiger partial charge in [-0.1, -0.05) is 15.9 Å². The molecule has 3 nitrogen and oxygen atoms in total. The lowest BCUT2D eigenvalue weighted by atomic mass is 10.1. The molecule has 0 atom stereocenters. The molecule has 88 valence electrons. The highest BCUT2D eigenvalue weighted by Crippen LogP contribution is 2.16. The Hall–Kier alpha value is -0.940. The highest BCUT2D eigenvalue weighted by molar-refractivity contribution is 9.10. The van der Waals surface area contributed by atoms with Gasteiger partial charge in [0, 0.05) is 11.0 Å². The van der Waals surface area contributed by atoms with Crippen molar-refractivity contribution in [3.05, 3.63) is 34.1 Å². The summed E-state index contributed by atoms with van der Waals surface area (Å²) in [7, 11) is 1.78. The molecule has 0 fully saturated rings. The summed E-state index contributed by atoms with van der Waals surface area (Å²) < 4.78 is 14.2. The second-order valence-corrected chi connectivity index (χ2v) is 4.61. The Morgan fingerprint density at radius 2 is 2.25 bits per heavy atom. The van der Waals surface area contributed by atoms with E-state index >= 15 is 0 Å². The number of nitrogens with zero attached hydrogens (tertiary/aromatic N) is 1. The maximum atomic E-state index is 13.4. The number of benzene rings is 1. The number of rotatable bonds is 5. The number of likely N-dealkylation sites (N-methyl/N-ethyl adjacent to an activating group) is 1. The SMILES string of the molecule is CN(CCc1cc(Br)ccc1F)CC(N)=O. The largest absolute Gasteiger partial charge is 0.369 e. The first-order valence-electron chi connectivity index (χ1n) is 4.90. The van der Waals surface area contributed by atoms with Gasteiger partial charge in [0.05, 0.1) is 6.54 Å². The zero-order valence-electron chi connectivity index (χ0n) is 9.04. The van der Waals surface area contributed by atoms with E-state index in [9.17, 15) is 9.18 Å². The Balaban J connectivity index is 2.54. The van der Waals surface area contributed by atoms with Crippen LogP contribution in [0.15, 0.2) is 22.7 Å². The quantitative estimate of drug-likeness (QED) is 0.894. The lowest BCUT2D eigenvalue weighted by Crippen LogP contribution is -2.32. The molecule has 0 bridgehead atoms. The molecule has 1 aromatic carbocycles. The van der Waals surface area contributed by atoms with Crippen LogP contribution < -0.4 is 5.73 Å². The third-order valence-electron chi connectivity index (χ3n) is 2.20. The van der Waals surface area contributed by atoms with E-state index in [0.717, 1.165) is 4.47 Å². The number of hydrogen-bond acceptors (Lipinski definition) is 2. The van der Waals surface area contributed by atoms with Crippen LogP contribution in [-0.4, -0.2) is 30.9 Å². The molecule has 1 amide bonds. The number of amides is 1. The summed E-state index contributed by atoms with van der Waals surface area (Å²) in [5, 5.41) is 0. The fourth-order valence-electron chi connectivity index (χ4n) is 1.39. The number of carbonyl (C=O) groups is 1. The first-order valence-corrected chi connectivity index (χ1v) is 5.69. The Kier molecular flexibility index (Phi) is 4.89. The first kappa shape index (κ1) is 13.1. The first-order chi connectivity index (χ1) is 7.49. The summed E-state index contributed by atoms with van der Waals surface area (Å²) in [6.07, 6.45) is 0.551. The normalized spacial score (nSPS) is 10.8. The summed E-state index contributed by atoms with van der Waals surface area (Å²) in [4.78, 5) is 12.4. The van der Waals surface area contributed by atoms with Crippen LogP contribution in [0.1, 0.15) is 5.56 Å². The van der Waals surface area contributed by atoms with Crippen LogP contribution in [0.5, 0.6) is 0 Å². The molecule has 0 aliphatic rings. The van der Waals surface area contributed by atoms with Gasteiger partial charge in [-0.2, -0.15) is 0 Å². The smallest absolute Gasteiger partial charge is 0.231 e. The predicted octanol–water partition coefficient (Wildman–Crippen LogP) is 1.55. The molecule has 0 heterocycles. The predicted molar refractivity (Wildman–Crippen MR) is 64.5 cm³/mol. The van der Waals surface area contributed by atoms with Crippen molar-refractivity contribution in [3.63, 3.8) is 0 Å². The Morgan fingerprint density at radius 1 is 1.56 bits per heavy atom. The average molecular weight is 289 g/mol. The van der Waals surface area contributed by atoms with Gasteiger partial charge in [-0.3, -0.25) is 9.69 Å². The number of nitrogens with two attached hydrogens (primary N) is 1. The van der Waals surface area contributed by atoms with Crippen molar-refractivity contribution >= 4 is 21.8 Å². The van der Waals surface area contributed by atoms with E-state index in [0.29, 0.717) is 18.5 Å². The maximum absolute atomic E-state index is 13.4. The van der Waals surface area contributed by atoms with Crippen LogP contribution in [0.25, 0.3) is 0 Å². The third kappa shape index (κ3) is 4.28. The lowest BCUT2D eigenvalue weighted by Gasteiger charge is -2.14. The molecule has 5 heteroatoms. The van der Waals surface area contributed by atoms with Crippen LogP contribution >= 0.6 is 15.9 Å². The third-order valence-corrected chi connectivity index (χ3v) is 2.69. The molecule has 2 N–H and O–H groups in total. The van der Waals surface area contributed by atoms with E-state index in [1.54, 1.807) is 24.1 Å². The summed E-state index contributed by atoms with van der Waals surface area (Å²) in [5.41, 5.74) is 5.68. The van der Waals surface area contributed by atoms with Crippen molar-refractivity contribution < 1.29 is 9.18 Å². The standard InChI is InChI=1S/C11H14BrFN2O/c1-15(7-11(14)16)5-4-8-6-9(12)2-3-10(8)13/h2-3,6H,4-5,7H2,1H3,(H2,14,16). The summed E-state index contributed by atoms with van der Waals surface area (Å²) >= 11 is 3.29. The fraction of sp³-hybridized carbons (Fsp3) is 0.364. The van der Waals surface area contributed by atoms with Gasteiger partial charge < -0.3 is 5.73 Å². The van der Waals surface area contributed by atoms with Gasteiger partial charge in [-0.15, -0.1) is 0 Å².